The third-order valence-corrected chi connectivity index (χ3v) is 15.8. The number of aromatic amines is 1. The Bertz CT molecular complexity index is 1540. The quantitative estimate of drug-likeness (QED) is 0.199. The number of hydrogen-bond donors (Lipinski definition) is 3. The highest BCUT2D eigenvalue weighted by Gasteiger charge is 2.70. The van der Waals surface area contributed by atoms with Gasteiger partial charge in [-0.15, -0.1) is 0 Å². The summed E-state index contributed by atoms with van der Waals surface area (Å²) in [5, 5.41) is 13.4. The van der Waals surface area contributed by atoms with E-state index in [0.29, 0.717) is 39.6 Å². The molecule has 5 nitrogen and oxygen atoms in total. The van der Waals surface area contributed by atoms with Gasteiger partial charge in [0.25, 0.3) is 0 Å². The molecule has 1 aromatic carbocycles. The number of allylic oxidation sites excluding steroid dienone is 3. The molecule has 5 aliphatic rings. The summed E-state index contributed by atoms with van der Waals surface area (Å²) in [4.78, 5) is 19.1. The largest absolute Gasteiger partial charge is 0.478 e. The lowest BCUT2D eigenvalue weighted by atomic mass is 9.32. The summed E-state index contributed by atoms with van der Waals surface area (Å²) < 4.78 is 0. The van der Waals surface area contributed by atoms with Crippen LogP contribution < -0.4 is 5.32 Å². The average molecular weight is 638 g/mol. The molecule has 3 N–H and O–H groups in total. The monoisotopic (exact) mass is 637 g/mol. The number of imidazole rings is 1. The Balaban J connectivity index is 1.17. The molecule has 0 saturated heterocycles. The van der Waals surface area contributed by atoms with Gasteiger partial charge in [-0.3, -0.25) is 0 Å². The van der Waals surface area contributed by atoms with Crippen LogP contribution in [0.1, 0.15) is 121 Å². The second-order valence-corrected chi connectivity index (χ2v) is 18.0. The number of carboxylic acid groups (broad SMARTS) is 1. The van der Waals surface area contributed by atoms with E-state index in [9.17, 15) is 9.90 Å². The molecule has 1 heterocycles. The zero-order valence-corrected chi connectivity index (χ0v) is 29.9. The Morgan fingerprint density at radius 1 is 0.979 bits per heavy atom. The molecule has 0 aliphatic heterocycles. The molecule has 47 heavy (non-hydrogen) atoms. The van der Waals surface area contributed by atoms with E-state index >= 15 is 0 Å². The van der Waals surface area contributed by atoms with E-state index in [2.05, 4.69) is 69.5 Å². The highest BCUT2D eigenvalue weighted by molar-refractivity contribution is 5.88. The Morgan fingerprint density at radius 3 is 2.43 bits per heavy atom. The zero-order chi connectivity index (χ0) is 33.4. The van der Waals surface area contributed by atoms with Crippen LogP contribution >= 0.6 is 0 Å². The van der Waals surface area contributed by atoms with Crippen molar-refractivity contribution in [2.75, 3.05) is 13.1 Å². The summed E-state index contributed by atoms with van der Waals surface area (Å²) in [6.45, 7) is 22.2. The molecule has 5 heteroatoms. The summed E-state index contributed by atoms with van der Waals surface area (Å²) in [5.41, 5.74) is 6.89. The molecule has 4 saturated carbocycles. The predicted molar refractivity (Wildman–Crippen MR) is 191 cm³/mol. The Kier molecular flexibility index (Phi) is 8.01. The number of aromatic carboxylic acids is 1. The molecule has 0 spiro atoms. The van der Waals surface area contributed by atoms with E-state index in [1.54, 1.807) is 18.5 Å². The van der Waals surface area contributed by atoms with Crippen molar-refractivity contribution < 1.29 is 9.90 Å². The van der Waals surface area contributed by atoms with Crippen molar-refractivity contribution >= 4 is 11.5 Å². The summed E-state index contributed by atoms with van der Waals surface area (Å²) >= 11 is 0. The molecule has 0 bridgehead atoms. The van der Waals surface area contributed by atoms with Crippen LogP contribution in [0.25, 0.3) is 5.57 Å². The van der Waals surface area contributed by atoms with Crippen molar-refractivity contribution in [1.82, 2.24) is 15.3 Å². The van der Waals surface area contributed by atoms with Crippen LogP contribution in [0.15, 0.2) is 55.0 Å². The van der Waals surface area contributed by atoms with Crippen LogP contribution in [-0.4, -0.2) is 34.1 Å². The van der Waals surface area contributed by atoms with Gasteiger partial charge in [-0.25, -0.2) is 9.78 Å². The minimum atomic E-state index is -0.856. The fourth-order valence-corrected chi connectivity index (χ4v) is 13.5. The molecular weight excluding hydrogens is 578 g/mol. The van der Waals surface area contributed by atoms with E-state index in [4.69, 9.17) is 0 Å². The number of hydrogen-bond acceptors (Lipinski definition) is 3. The second kappa shape index (κ2) is 11.5. The van der Waals surface area contributed by atoms with Gasteiger partial charge in [0.05, 0.1) is 17.6 Å². The van der Waals surface area contributed by atoms with E-state index in [1.165, 1.54) is 68.1 Å². The lowest BCUT2D eigenvalue weighted by Gasteiger charge is -2.72. The summed E-state index contributed by atoms with van der Waals surface area (Å²) in [5.74, 6) is 2.60. The topological polar surface area (TPSA) is 78.0 Å². The number of benzene rings is 1. The Morgan fingerprint density at radius 2 is 1.74 bits per heavy atom. The molecule has 1 aromatic heterocycles. The minimum absolute atomic E-state index is 0.0383. The van der Waals surface area contributed by atoms with Crippen LogP contribution in [0.5, 0.6) is 0 Å². The van der Waals surface area contributed by atoms with Gasteiger partial charge in [-0.2, -0.15) is 0 Å². The lowest BCUT2D eigenvalue weighted by molar-refractivity contribution is -0.225. The van der Waals surface area contributed by atoms with Crippen molar-refractivity contribution in [1.29, 1.82) is 0 Å². The molecule has 7 rings (SSSR count). The van der Waals surface area contributed by atoms with Crippen molar-refractivity contribution in [3.8, 4) is 0 Å². The molecule has 4 fully saturated rings. The van der Waals surface area contributed by atoms with Crippen LogP contribution in [0.3, 0.4) is 0 Å². The van der Waals surface area contributed by atoms with E-state index in [1.807, 2.05) is 18.3 Å². The first-order valence-electron chi connectivity index (χ1n) is 18.6. The van der Waals surface area contributed by atoms with Gasteiger partial charge in [0.15, 0.2) is 0 Å². The molecule has 2 aromatic rings. The van der Waals surface area contributed by atoms with E-state index in [-0.39, 0.29) is 10.8 Å². The number of rotatable bonds is 8. The number of fused-ring (bicyclic) bond motifs is 7. The first-order chi connectivity index (χ1) is 22.3. The molecule has 254 valence electrons. The maximum atomic E-state index is 11.5. The van der Waals surface area contributed by atoms with Gasteiger partial charge in [0.1, 0.15) is 0 Å². The molecule has 0 amide bonds. The van der Waals surface area contributed by atoms with Gasteiger partial charge in [0, 0.05) is 25.7 Å². The molecule has 0 unspecified atom stereocenters. The van der Waals surface area contributed by atoms with Crippen LogP contribution in [0.2, 0.25) is 0 Å². The van der Waals surface area contributed by atoms with Crippen LogP contribution in [0.4, 0.5) is 0 Å². The van der Waals surface area contributed by atoms with Gasteiger partial charge < -0.3 is 15.4 Å². The van der Waals surface area contributed by atoms with E-state index < -0.39 is 5.97 Å². The van der Waals surface area contributed by atoms with Gasteiger partial charge >= 0.3 is 5.97 Å². The summed E-state index contributed by atoms with van der Waals surface area (Å²) in [6, 6.07) is 7.64. The lowest BCUT2D eigenvalue weighted by Crippen LogP contribution is -2.65. The van der Waals surface area contributed by atoms with Crippen molar-refractivity contribution in [3.63, 3.8) is 0 Å². The standard InChI is InChI=1S/C42H59N3O2/c1-27(2)31-14-20-42(25-43-23-17-30-24-44-26-45-30)22-21-40(6)33(36(31)42)12-13-35-39(5)18-15-32(28-8-10-29(11-9-28)37(46)47)38(3,4)34(39)16-19-41(35,40)7/h8-11,15,24,26,31,33-36,43H,1,12-14,16-23,25H2,2-7H3,(H,44,45)(H,46,47)/t31-,33+,34-,35+,36+,39-,40+,41+,42+/m0/s1. The van der Waals surface area contributed by atoms with Crippen molar-refractivity contribution in [3.05, 3.63) is 71.8 Å². The number of aromatic nitrogens is 2. The number of nitrogens with one attached hydrogen (secondary N) is 2. The molecular formula is C42H59N3O2. The maximum absolute atomic E-state index is 11.5. The number of H-pyrrole nitrogens is 1. The minimum Gasteiger partial charge on any atom is -0.478 e. The van der Waals surface area contributed by atoms with Gasteiger partial charge in [-0.1, -0.05) is 65.0 Å². The molecule has 0 radical (unpaired) electrons. The van der Waals surface area contributed by atoms with Crippen LogP contribution in [-0.2, 0) is 6.42 Å². The number of carboxylic acids is 1. The SMILES string of the molecule is C=C(C)[C@@H]1CC[C@]2(CNCCc3c[nH]cn3)CC[C@]3(C)[C@H](CC[C@@H]4[C@@]5(C)CC=C(c6ccc(C(=O)O)cc6)C(C)(C)[C@@H]5CC[C@]43C)[C@@H]12. The molecule has 9 atom stereocenters. The highest BCUT2D eigenvalue weighted by Crippen LogP contribution is 2.77. The predicted octanol–water partition coefficient (Wildman–Crippen LogP) is 9.59. The fourth-order valence-electron chi connectivity index (χ4n) is 13.5. The third-order valence-electron chi connectivity index (χ3n) is 15.8. The van der Waals surface area contributed by atoms with Crippen molar-refractivity contribution in [2.24, 2.45) is 56.7 Å². The first-order valence-corrected chi connectivity index (χ1v) is 18.6. The van der Waals surface area contributed by atoms with Crippen LogP contribution in [0, 0.1) is 56.7 Å². The van der Waals surface area contributed by atoms with Crippen molar-refractivity contribution in [2.45, 2.75) is 106 Å². The number of carbonyl (C=O) groups is 1. The smallest absolute Gasteiger partial charge is 0.335 e. The normalized spacial score (nSPS) is 40.4. The highest BCUT2D eigenvalue weighted by atomic mass is 16.4. The fraction of sp³-hybridized carbons (Fsp3) is 0.667. The third kappa shape index (κ3) is 4.87. The second-order valence-electron chi connectivity index (χ2n) is 18.0. The zero-order valence-electron chi connectivity index (χ0n) is 29.9. The maximum Gasteiger partial charge on any atom is 0.335 e. The Labute approximate surface area is 283 Å². The molecule has 5 aliphatic carbocycles. The van der Waals surface area contributed by atoms with Gasteiger partial charge in [-0.05, 0) is 145 Å². The first kappa shape index (κ1) is 32.9. The summed E-state index contributed by atoms with van der Waals surface area (Å²) in [7, 11) is 0. The average Bonchev–Trinajstić information content (AvgIpc) is 3.68. The van der Waals surface area contributed by atoms with E-state index in [0.717, 1.165) is 43.5 Å². The number of nitrogens with zero attached hydrogens (tertiary/aromatic N) is 1. The van der Waals surface area contributed by atoms with Gasteiger partial charge in [0.2, 0.25) is 0 Å². The summed E-state index contributed by atoms with van der Waals surface area (Å²) in [6.07, 6.45) is 19.1. The Hall–Kier alpha value is -2.66.